The molecule has 0 amide bonds. The van der Waals surface area contributed by atoms with E-state index in [4.69, 9.17) is 16.3 Å². The number of hydrogen-bond acceptors (Lipinski definition) is 3. The number of halogens is 3. The van der Waals surface area contributed by atoms with Crippen LogP contribution in [0.3, 0.4) is 0 Å². The molecule has 0 saturated heterocycles. The monoisotopic (exact) mass is 439 g/mol. The lowest BCUT2D eigenvalue weighted by Crippen LogP contribution is -2.10. The number of aromatic nitrogens is 1. The SMILES string of the molecule is O=C(Oc1c(Br)cc(Br)c2cccnc12)c1ccccc1Cl. The topological polar surface area (TPSA) is 39.2 Å². The standard InChI is InChI=1S/C16H8Br2ClNO2/c17-11-8-12(18)15(14-9(11)5-3-7-20-14)22-16(21)10-4-1-2-6-13(10)19/h1-8H. The van der Waals surface area contributed by atoms with E-state index >= 15 is 0 Å². The summed E-state index contributed by atoms with van der Waals surface area (Å²) >= 11 is 12.9. The summed E-state index contributed by atoms with van der Waals surface area (Å²) in [6.07, 6.45) is 1.65. The van der Waals surface area contributed by atoms with Crippen LogP contribution in [-0.2, 0) is 0 Å². The van der Waals surface area contributed by atoms with Crippen LogP contribution in [0, 0.1) is 0 Å². The van der Waals surface area contributed by atoms with Gasteiger partial charge < -0.3 is 4.74 Å². The maximum absolute atomic E-state index is 12.3. The van der Waals surface area contributed by atoms with Crippen LogP contribution in [0.2, 0.25) is 5.02 Å². The van der Waals surface area contributed by atoms with E-state index in [1.807, 2.05) is 18.2 Å². The third-order valence-corrected chi connectivity index (χ3v) is 4.61. The van der Waals surface area contributed by atoms with Gasteiger partial charge in [-0.05, 0) is 40.2 Å². The zero-order chi connectivity index (χ0) is 15.7. The predicted molar refractivity (Wildman–Crippen MR) is 93.6 cm³/mol. The number of ether oxygens (including phenoxy) is 1. The highest BCUT2D eigenvalue weighted by Crippen LogP contribution is 2.37. The summed E-state index contributed by atoms with van der Waals surface area (Å²) < 4.78 is 7.02. The molecule has 0 aliphatic rings. The second-order valence-corrected chi connectivity index (χ2v) is 6.55. The van der Waals surface area contributed by atoms with Gasteiger partial charge in [0.25, 0.3) is 0 Å². The zero-order valence-electron chi connectivity index (χ0n) is 11.0. The fourth-order valence-electron chi connectivity index (χ4n) is 2.02. The van der Waals surface area contributed by atoms with Crippen LogP contribution >= 0.6 is 43.5 Å². The smallest absolute Gasteiger partial charge is 0.345 e. The maximum atomic E-state index is 12.3. The minimum atomic E-state index is -0.527. The Morgan fingerprint density at radius 3 is 2.64 bits per heavy atom. The minimum absolute atomic E-state index is 0.308. The number of rotatable bonds is 2. The van der Waals surface area contributed by atoms with E-state index in [9.17, 15) is 4.79 Å². The number of carbonyl (C=O) groups is 1. The van der Waals surface area contributed by atoms with Crippen LogP contribution in [0.1, 0.15) is 10.4 Å². The fourth-order valence-corrected chi connectivity index (χ4v) is 3.58. The van der Waals surface area contributed by atoms with Crippen molar-refractivity contribution in [1.82, 2.24) is 4.98 Å². The number of pyridine rings is 1. The van der Waals surface area contributed by atoms with E-state index in [1.165, 1.54) is 0 Å². The molecule has 22 heavy (non-hydrogen) atoms. The van der Waals surface area contributed by atoms with E-state index in [0.717, 1.165) is 9.86 Å². The number of esters is 1. The Balaban J connectivity index is 2.08. The zero-order valence-corrected chi connectivity index (χ0v) is 14.9. The Hall–Kier alpha value is -1.43. The molecule has 1 heterocycles. The molecule has 2 aromatic carbocycles. The highest BCUT2D eigenvalue weighted by molar-refractivity contribution is 9.11. The third-order valence-electron chi connectivity index (χ3n) is 3.04. The molecule has 3 aromatic rings. The van der Waals surface area contributed by atoms with Crippen molar-refractivity contribution in [2.75, 3.05) is 0 Å². The predicted octanol–water partition coefficient (Wildman–Crippen LogP) is 5.63. The number of fused-ring (bicyclic) bond motifs is 1. The van der Waals surface area contributed by atoms with Gasteiger partial charge in [-0.15, -0.1) is 0 Å². The van der Waals surface area contributed by atoms with Gasteiger partial charge in [-0.1, -0.05) is 45.7 Å². The molecular weight excluding hydrogens is 433 g/mol. The number of benzene rings is 2. The number of carbonyl (C=O) groups excluding carboxylic acids is 1. The minimum Gasteiger partial charge on any atom is -0.419 e. The van der Waals surface area contributed by atoms with Crippen molar-refractivity contribution in [1.29, 1.82) is 0 Å². The quantitative estimate of drug-likeness (QED) is 0.382. The molecule has 0 aliphatic heterocycles. The molecule has 3 rings (SSSR count). The first kappa shape index (κ1) is 15.5. The van der Waals surface area contributed by atoms with Crippen molar-refractivity contribution < 1.29 is 9.53 Å². The molecule has 6 heteroatoms. The first-order chi connectivity index (χ1) is 10.6. The van der Waals surface area contributed by atoms with Crippen molar-refractivity contribution in [3.63, 3.8) is 0 Å². The average molecular weight is 442 g/mol. The maximum Gasteiger partial charge on any atom is 0.345 e. The van der Waals surface area contributed by atoms with Gasteiger partial charge in [-0.25, -0.2) is 4.79 Å². The molecule has 1 aromatic heterocycles. The average Bonchev–Trinajstić information content (AvgIpc) is 2.51. The molecule has 0 spiro atoms. The Bertz CT molecular complexity index is 883. The molecule has 0 saturated carbocycles. The first-order valence-electron chi connectivity index (χ1n) is 6.27. The van der Waals surface area contributed by atoms with E-state index in [1.54, 1.807) is 30.5 Å². The summed E-state index contributed by atoms with van der Waals surface area (Å²) in [4.78, 5) is 16.7. The highest BCUT2D eigenvalue weighted by Gasteiger charge is 2.18. The third kappa shape index (κ3) is 2.89. The summed E-state index contributed by atoms with van der Waals surface area (Å²) in [7, 11) is 0. The largest absolute Gasteiger partial charge is 0.419 e. The second-order valence-electron chi connectivity index (χ2n) is 4.44. The molecule has 0 unspecified atom stereocenters. The van der Waals surface area contributed by atoms with E-state index in [0.29, 0.717) is 26.3 Å². The van der Waals surface area contributed by atoms with Crippen LogP contribution in [0.5, 0.6) is 5.75 Å². The van der Waals surface area contributed by atoms with Gasteiger partial charge in [0.1, 0.15) is 5.52 Å². The van der Waals surface area contributed by atoms with Crippen LogP contribution in [-0.4, -0.2) is 11.0 Å². The fraction of sp³-hybridized carbons (Fsp3) is 0. The lowest BCUT2D eigenvalue weighted by molar-refractivity contribution is 0.0736. The summed E-state index contributed by atoms with van der Waals surface area (Å²) in [6, 6.07) is 12.3. The lowest BCUT2D eigenvalue weighted by Gasteiger charge is -2.11. The first-order valence-corrected chi connectivity index (χ1v) is 8.24. The van der Waals surface area contributed by atoms with Gasteiger partial charge >= 0.3 is 5.97 Å². The molecule has 110 valence electrons. The van der Waals surface area contributed by atoms with Crippen LogP contribution < -0.4 is 4.74 Å². The lowest BCUT2D eigenvalue weighted by atomic mass is 10.2. The Morgan fingerprint density at radius 1 is 1.09 bits per heavy atom. The molecule has 0 bridgehead atoms. The Labute approximate surface area is 148 Å². The molecule has 0 radical (unpaired) electrons. The number of nitrogens with zero attached hydrogens (tertiary/aromatic N) is 1. The van der Waals surface area contributed by atoms with Crippen molar-refractivity contribution in [3.8, 4) is 5.75 Å². The van der Waals surface area contributed by atoms with Crippen molar-refractivity contribution >= 4 is 60.3 Å². The van der Waals surface area contributed by atoms with E-state index in [2.05, 4.69) is 36.8 Å². The Morgan fingerprint density at radius 2 is 1.86 bits per heavy atom. The molecule has 3 nitrogen and oxygen atoms in total. The molecular formula is C16H8Br2ClNO2. The van der Waals surface area contributed by atoms with Crippen molar-refractivity contribution in [2.24, 2.45) is 0 Å². The highest BCUT2D eigenvalue weighted by atomic mass is 79.9. The van der Waals surface area contributed by atoms with Crippen LogP contribution in [0.4, 0.5) is 0 Å². The van der Waals surface area contributed by atoms with Gasteiger partial charge in [0.2, 0.25) is 0 Å². The van der Waals surface area contributed by atoms with E-state index in [-0.39, 0.29) is 0 Å². The Kier molecular flexibility index (Phi) is 4.47. The van der Waals surface area contributed by atoms with Gasteiger partial charge in [0, 0.05) is 16.1 Å². The van der Waals surface area contributed by atoms with Crippen molar-refractivity contribution in [3.05, 3.63) is 68.2 Å². The molecule has 0 atom stereocenters. The van der Waals surface area contributed by atoms with Gasteiger partial charge in [0.15, 0.2) is 5.75 Å². The van der Waals surface area contributed by atoms with E-state index < -0.39 is 5.97 Å². The molecule has 0 N–H and O–H groups in total. The summed E-state index contributed by atoms with van der Waals surface area (Å²) in [6.45, 7) is 0. The normalized spacial score (nSPS) is 10.7. The summed E-state index contributed by atoms with van der Waals surface area (Å²) in [5.41, 5.74) is 0.896. The van der Waals surface area contributed by atoms with Crippen molar-refractivity contribution in [2.45, 2.75) is 0 Å². The van der Waals surface area contributed by atoms with Gasteiger partial charge in [0.05, 0.1) is 15.1 Å². The van der Waals surface area contributed by atoms with Crippen LogP contribution in [0.15, 0.2) is 57.6 Å². The molecule has 0 aliphatic carbocycles. The molecule has 0 fully saturated rings. The number of hydrogen-bond donors (Lipinski definition) is 0. The van der Waals surface area contributed by atoms with Crippen LogP contribution in [0.25, 0.3) is 10.9 Å². The van der Waals surface area contributed by atoms with Gasteiger partial charge in [-0.2, -0.15) is 0 Å². The summed E-state index contributed by atoms with van der Waals surface area (Å²) in [5, 5.41) is 1.20. The summed E-state index contributed by atoms with van der Waals surface area (Å²) in [5.74, 6) is -0.163. The van der Waals surface area contributed by atoms with Gasteiger partial charge in [-0.3, -0.25) is 4.98 Å². The second kappa shape index (κ2) is 6.36.